The number of hydrogen-bond donors (Lipinski definition) is 11. The lowest BCUT2D eigenvalue weighted by atomic mass is 10.2. The first-order chi connectivity index (χ1) is 45.4. The van der Waals surface area contributed by atoms with Gasteiger partial charge in [0.05, 0.1) is 84.8 Å². The number of carbonyl (C=O) groups is 4. The van der Waals surface area contributed by atoms with E-state index in [-0.39, 0.29) is 122 Å². The molecule has 0 aliphatic carbocycles. The number of piperazine rings is 1. The second kappa shape index (κ2) is 27.8. The summed E-state index contributed by atoms with van der Waals surface area (Å²) in [5.41, 5.74) is 5.20. The first-order valence-electron chi connectivity index (χ1n) is 28.1. The van der Waals surface area contributed by atoms with Gasteiger partial charge in [0.15, 0.2) is 0 Å². The van der Waals surface area contributed by atoms with Gasteiger partial charge in [0.1, 0.15) is 17.2 Å². The van der Waals surface area contributed by atoms with Crippen LogP contribution in [0.1, 0.15) is 47.0 Å². The Morgan fingerprint density at radius 1 is 0.319 bits per heavy atom. The maximum Gasteiger partial charge on any atom is 0.335 e. The molecule has 0 spiro atoms. The van der Waals surface area contributed by atoms with Crippen molar-refractivity contribution in [1.82, 2.24) is 29.9 Å². The normalized spacial score (nSPS) is 12.4. The van der Waals surface area contributed by atoms with Crippen molar-refractivity contribution in [2.24, 2.45) is 40.9 Å². The maximum atomic E-state index is 11.3. The van der Waals surface area contributed by atoms with Gasteiger partial charge < -0.3 is 66.8 Å². The van der Waals surface area contributed by atoms with Crippen LogP contribution in [-0.2, 0) is 0 Å². The van der Waals surface area contributed by atoms with E-state index in [1.54, 1.807) is 54.6 Å². The highest BCUT2D eigenvalue weighted by atomic mass is 16.4. The zero-order valence-electron chi connectivity index (χ0n) is 48.9. The number of aryl methyl sites for hydroxylation is 1. The summed E-state index contributed by atoms with van der Waals surface area (Å²) in [7, 11) is 0. The molecule has 94 heavy (non-hydrogen) atoms. The van der Waals surface area contributed by atoms with Gasteiger partial charge in [0.25, 0.3) is 0 Å². The third-order valence-electron chi connectivity index (χ3n) is 13.8. The molecule has 31 heteroatoms. The van der Waals surface area contributed by atoms with E-state index < -0.39 is 23.9 Å². The average Bonchev–Trinajstić information content (AvgIpc) is 0.822. The first kappa shape index (κ1) is 61.9. The number of azo groups is 4. The summed E-state index contributed by atoms with van der Waals surface area (Å²) in [5.74, 6) is -4.51. The number of carboxylic acid groups (broad SMARTS) is 4. The molecule has 0 atom stereocenters. The summed E-state index contributed by atoms with van der Waals surface area (Å²) in [6, 6.07) is 42.0. The fourth-order valence-electron chi connectivity index (χ4n) is 8.88. The number of nitrogens with zero attached hydrogens (tertiary/aromatic N) is 16. The van der Waals surface area contributed by atoms with E-state index in [2.05, 4.69) is 72.1 Å². The van der Waals surface area contributed by atoms with Crippen molar-refractivity contribution >= 4 is 128 Å². The highest BCUT2D eigenvalue weighted by Crippen LogP contribution is 2.37. The summed E-state index contributed by atoms with van der Waals surface area (Å²) in [5, 5.41) is 117. The highest BCUT2D eigenvalue weighted by Gasteiger charge is 2.25. The summed E-state index contributed by atoms with van der Waals surface area (Å²) in [6.07, 6.45) is 0. The summed E-state index contributed by atoms with van der Waals surface area (Å²) in [4.78, 5) is 77.4. The number of carboxylic acids is 4. The number of anilines is 10. The maximum absolute atomic E-state index is 11.3. The zero-order valence-corrected chi connectivity index (χ0v) is 48.9. The Morgan fingerprint density at radius 3 is 0.787 bits per heavy atom. The molecule has 2 aromatic heterocycles. The minimum Gasteiger partial charge on any atom is -0.506 e. The van der Waals surface area contributed by atoms with E-state index in [0.29, 0.717) is 47.2 Å². The number of benzene rings is 8. The van der Waals surface area contributed by atoms with Crippen LogP contribution in [0.15, 0.2) is 211 Å². The predicted molar refractivity (Wildman–Crippen MR) is 343 cm³/mol. The summed E-state index contributed by atoms with van der Waals surface area (Å²) >= 11 is 0. The molecule has 1 aliphatic rings. The van der Waals surface area contributed by atoms with E-state index in [1.807, 2.05) is 16.7 Å². The summed E-state index contributed by atoms with van der Waals surface area (Å²) < 4.78 is 0. The van der Waals surface area contributed by atoms with Gasteiger partial charge in [0, 0.05) is 50.1 Å². The molecule has 8 aromatic carbocycles. The third-order valence-corrected chi connectivity index (χ3v) is 13.8. The second-order valence-electron chi connectivity index (χ2n) is 20.4. The molecule has 0 bridgehead atoms. The van der Waals surface area contributed by atoms with Crippen molar-refractivity contribution in [3.63, 3.8) is 0 Å². The van der Waals surface area contributed by atoms with Crippen LogP contribution in [0, 0.1) is 6.92 Å². The SMILES string of the molecule is Cc1cc(N=Nc2ccc(C(=O)O)cc2)ccc1Nc1nc(Nc2ccc(N=Nc3ccc(C(=O)O)cc3)cc2O)nc(N2CCN(c3nc(Nc4ccc(N=Nc5ccc(C(=O)O)cc5)cc4O)nc(Nc4ccc(N=Nc5ccc(C(=O)O)cc5)cc4O)n3)CC2)n1. The summed E-state index contributed by atoms with van der Waals surface area (Å²) in [6.45, 7) is 3.00. The Morgan fingerprint density at radius 2 is 0.543 bits per heavy atom. The molecular formula is C63H50N20O11. The number of aromatic carboxylic acids is 4. The van der Waals surface area contributed by atoms with Crippen molar-refractivity contribution in [2.45, 2.75) is 6.92 Å². The minimum atomic E-state index is -1.09. The van der Waals surface area contributed by atoms with E-state index in [9.17, 15) is 54.9 Å². The fourth-order valence-corrected chi connectivity index (χ4v) is 8.88. The molecule has 0 unspecified atom stereocenters. The van der Waals surface area contributed by atoms with Gasteiger partial charge in [0.2, 0.25) is 35.7 Å². The van der Waals surface area contributed by atoms with E-state index >= 15 is 0 Å². The van der Waals surface area contributed by atoms with Crippen LogP contribution < -0.4 is 31.1 Å². The smallest absolute Gasteiger partial charge is 0.335 e. The van der Waals surface area contributed by atoms with Crippen molar-refractivity contribution < 1.29 is 54.9 Å². The van der Waals surface area contributed by atoms with Crippen LogP contribution in [0.4, 0.5) is 104 Å². The van der Waals surface area contributed by atoms with E-state index in [1.165, 1.54) is 115 Å². The topological polar surface area (TPSA) is 441 Å². The Bertz CT molecular complexity index is 4080. The van der Waals surface area contributed by atoms with E-state index in [0.717, 1.165) is 5.56 Å². The molecule has 0 amide bonds. The number of phenolic OH excluding ortho intramolecular Hbond substituents is 3. The van der Waals surface area contributed by atoms with Crippen LogP contribution in [0.5, 0.6) is 17.2 Å². The molecule has 1 saturated heterocycles. The number of hydrogen-bond acceptors (Lipinski definition) is 27. The standard InChI is InChI=1S/C63H50N20O11/c1-34-30-43(78-74-39-10-2-35(3-11-39)54(87)88)18-22-47(34)64-58-68-59(65-48-23-19-44(31-51(48)84)79-75-40-12-4-36(5-13-40)55(89)90)71-62(70-58)82-26-28-83(29-27-82)63-72-60(66-49-24-20-45(32-52(49)85)80-76-41-14-6-37(7-15-41)56(91)92)69-61(73-63)67-50-25-21-46(33-53(50)86)81-77-42-16-8-38(9-17-42)57(93)94/h2-25,30-33,84-86H,26-29H2,1H3,(H,87,88)(H,89,90)(H,91,92)(H,93,94)(H2,64,65,68,70,71)(H2,66,67,69,72,73). The lowest BCUT2D eigenvalue weighted by molar-refractivity contribution is 0.0686. The molecule has 1 aliphatic heterocycles. The monoisotopic (exact) mass is 1260 g/mol. The number of nitrogens with one attached hydrogen (secondary N) is 4. The Balaban J connectivity index is 0.852. The number of rotatable bonds is 22. The van der Waals surface area contributed by atoms with Gasteiger partial charge >= 0.3 is 23.9 Å². The second-order valence-corrected chi connectivity index (χ2v) is 20.4. The van der Waals surface area contributed by atoms with Crippen molar-refractivity contribution in [2.75, 3.05) is 57.2 Å². The van der Waals surface area contributed by atoms with Crippen LogP contribution in [0.25, 0.3) is 0 Å². The van der Waals surface area contributed by atoms with Gasteiger partial charge in [-0.1, -0.05) is 0 Å². The van der Waals surface area contributed by atoms with Crippen LogP contribution in [-0.4, -0.2) is 116 Å². The lowest BCUT2D eigenvalue weighted by Gasteiger charge is -2.35. The largest absolute Gasteiger partial charge is 0.506 e. The lowest BCUT2D eigenvalue weighted by Crippen LogP contribution is -2.48. The zero-order chi connectivity index (χ0) is 65.8. The Labute approximate surface area is 530 Å². The average molecular weight is 1260 g/mol. The molecule has 3 heterocycles. The van der Waals surface area contributed by atoms with Gasteiger partial charge in [-0.05, 0) is 164 Å². The van der Waals surface area contributed by atoms with Gasteiger partial charge in [-0.25, -0.2) is 19.2 Å². The van der Waals surface area contributed by atoms with Crippen LogP contribution in [0.3, 0.4) is 0 Å². The minimum absolute atomic E-state index is 0.0221. The fraction of sp³-hybridized carbons (Fsp3) is 0.0794. The quantitative estimate of drug-likeness (QED) is 0.0222. The van der Waals surface area contributed by atoms with Crippen molar-refractivity contribution in [3.8, 4) is 17.2 Å². The molecule has 10 aromatic rings. The molecule has 1 fully saturated rings. The van der Waals surface area contributed by atoms with E-state index in [4.69, 9.17) is 19.9 Å². The first-order valence-corrected chi connectivity index (χ1v) is 28.1. The number of aromatic nitrogens is 6. The molecule has 0 radical (unpaired) electrons. The third kappa shape index (κ3) is 15.7. The van der Waals surface area contributed by atoms with Gasteiger partial charge in [-0.3, -0.25) is 0 Å². The van der Waals surface area contributed by atoms with Crippen LogP contribution in [0.2, 0.25) is 0 Å². The molecule has 11 N–H and O–H groups in total. The number of aromatic hydroxyl groups is 3. The van der Waals surface area contributed by atoms with Crippen LogP contribution >= 0.6 is 0 Å². The number of phenols is 3. The van der Waals surface area contributed by atoms with Crippen molar-refractivity contribution in [1.29, 1.82) is 0 Å². The van der Waals surface area contributed by atoms with Crippen molar-refractivity contribution in [3.05, 3.63) is 198 Å². The van der Waals surface area contributed by atoms with Gasteiger partial charge in [-0.2, -0.15) is 70.8 Å². The molecular weight excluding hydrogens is 1210 g/mol. The Hall–Kier alpha value is -13.7. The van der Waals surface area contributed by atoms with Gasteiger partial charge in [-0.15, -0.1) is 0 Å². The molecule has 468 valence electrons. The molecule has 11 rings (SSSR count). The molecule has 0 saturated carbocycles. The predicted octanol–water partition coefficient (Wildman–Crippen LogP) is 14.2. The Kier molecular flexibility index (Phi) is 18.3. The highest BCUT2D eigenvalue weighted by molar-refractivity contribution is 5.89. The molecule has 31 nitrogen and oxygen atoms in total.